The molecule has 1 aromatic carbocycles. The van der Waals surface area contributed by atoms with Crippen molar-refractivity contribution in [2.45, 2.75) is 44.1 Å². The lowest BCUT2D eigenvalue weighted by Gasteiger charge is -2.74. The number of nitrogens with two attached hydrogens (primary N) is 1. The minimum absolute atomic E-state index is 0.0305. The molecule has 1 spiro atoms. The summed E-state index contributed by atoms with van der Waals surface area (Å²) in [4.78, 5) is 0. The molecule has 4 nitrogen and oxygen atoms in total. The maximum absolute atomic E-state index is 12.7. The Bertz CT molecular complexity index is 811. The largest absolute Gasteiger partial charge is 0.573 e. The summed E-state index contributed by atoms with van der Waals surface area (Å²) in [6.07, 6.45) is 1.47. The Hall–Kier alpha value is -1.76. The van der Waals surface area contributed by atoms with Gasteiger partial charge in [0.25, 0.3) is 0 Å². The van der Waals surface area contributed by atoms with E-state index >= 15 is 0 Å². The summed E-state index contributed by atoms with van der Waals surface area (Å²) in [5.74, 6) is 0.944. The molecule has 0 bridgehead atoms. The van der Waals surface area contributed by atoms with Crippen LogP contribution in [0.25, 0.3) is 0 Å². The number of nitrogen functional groups attached to an aromatic ring is 1. The van der Waals surface area contributed by atoms with Gasteiger partial charge in [-0.1, -0.05) is 0 Å². The molecule has 0 aliphatic heterocycles. The van der Waals surface area contributed by atoms with Crippen LogP contribution >= 0.6 is 0 Å². The standard InChI is InChI=1S/C19H21F3N2O2/c20-19(21,22)26-11-6-13(12(8-23)14(24)7-11)18(25)15-4-3-9-1-2-10-5-16(18)17(9,10)15/h6-10,15-16,23,25H,1-5,24H2. The van der Waals surface area contributed by atoms with Gasteiger partial charge in [-0.25, -0.2) is 0 Å². The topological polar surface area (TPSA) is 79.3 Å². The van der Waals surface area contributed by atoms with Gasteiger partial charge in [-0.2, -0.15) is 0 Å². The molecule has 0 aromatic heterocycles. The Kier molecular flexibility index (Phi) is 2.99. The van der Waals surface area contributed by atoms with Crippen molar-refractivity contribution < 1.29 is 23.0 Å². The smallest absolute Gasteiger partial charge is 0.406 e. The third-order valence-electron chi connectivity index (χ3n) is 7.87. The second-order valence-corrected chi connectivity index (χ2v) is 8.38. The third-order valence-corrected chi connectivity index (χ3v) is 7.87. The van der Waals surface area contributed by atoms with E-state index in [-0.39, 0.29) is 22.9 Å². The second-order valence-electron chi connectivity index (χ2n) is 8.38. The fourth-order valence-electron chi connectivity index (χ4n) is 7.30. The Balaban J connectivity index is 1.61. The summed E-state index contributed by atoms with van der Waals surface area (Å²) in [7, 11) is 0. The Labute approximate surface area is 149 Å². The van der Waals surface area contributed by atoms with Gasteiger partial charge in [0.2, 0.25) is 0 Å². The van der Waals surface area contributed by atoms with Crippen molar-refractivity contribution >= 4 is 11.9 Å². The summed E-state index contributed by atoms with van der Waals surface area (Å²) in [5.41, 5.74) is 5.55. The first-order valence-electron chi connectivity index (χ1n) is 9.15. The molecule has 4 aliphatic carbocycles. The molecule has 26 heavy (non-hydrogen) atoms. The van der Waals surface area contributed by atoms with E-state index in [1.54, 1.807) is 0 Å². The number of hydrogen-bond acceptors (Lipinski definition) is 4. The molecule has 0 amide bonds. The molecule has 5 rings (SSSR count). The zero-order chi connectivity index (χ0) is 18.5. The molecule has 4 fully saturated rings. The van der Waals surface area contributed by atoms with E-state index in [1.807, 2.05) is 0 Å². The highest BCUT2D eigenvalue weighted by atomic mass is 19.4. The maximum Gasteiger partial charge on any atom is 0.573 e. The Morgan fingerprint density at radius 1 is 1.15 bits per heavy atom. The quantitative estimate of drug-likeness (QED) is 0.562. The van der Waals surface area contributed by atoms with Crippen molar-refractivity contribution in [1.82, 2.24) is 0 Å². The number of anilines is 1. The third kappa shape index (κ3) is 1.68. The lowest BCUT2D eigenvalue weighted by atomic mass is 9.31. The minimum Gasteiger partial charge on any atom is -0.406 e. The van der Waals surface area contributed by atoms with Gasteiger partial charge in [0.1, 0.15) is 5.75 Å². The lowest BCUT2D eigenvalue weighted by molar-refractivity contribution is -0.331. The van der Waals surface area contributed by atoms with Crippen molar-refractivity contribution in [3.63, 3.8) is 0 Å². The van der Waals surface area contributed by atoms with Crippen molar-refractivity contribution in [2.75, 3.05) is 5.73 Å². The van der Waals surface area contributed by atoms with Crippen LogP contribution in [0.1, 0.15) is 43.2 Å². The monoisotopic (exact) mass is 366 g/mol. The fraction of sp³-hybridized carbons (Fsp3) is 0.632. The number of hydrogen-bond donors (Lipinski definition) is 3. The van der Waals surface area contributed by atoms with Gasteiger partial charge in [-0.3, -0.25) is 0 Å². The summed E-state index contributed by atoms with van der Waals surface area (Å²) in [6.45, 7) is 0. The van der Waals surface area contributed by atoms with E-state index in [1.165, 1.54) is 18.9 Å². The van der Waals surface area contributed by atoms with Gasteiger partial charge in [0, 0.05) is 23.5 Å². The summed E-state index contributed by atoms with van der Waals surface area (Å²) >= 11 is 0. The summed E-state index contributed by atoms with van der Waals surface area (Å²) < 4.78 is 42.1. The van der Waals surface area contributed by atoms with Gasteiger partial charge in [0.05, 0.1) is 5.60 Å². The minimum atomic E-state index is -4.83. The lowest BCUT2D eigenvalue weighted by Crippen LogP contribution is -2.74. The van der Waals surface area contributed by atoms with Gasteiger partial charge in [0.15, 0.2) is 0 Å². The molecule has 0 heterocycles. The van der Waals surface area contributed by atoms with Crippen LogP contribution in [0.5, 0.6) is 5.75 Å². The molecule has 140 valence electrons. The van der Waals surface area contributed by atoms with Gasteiger partial charge < -0.3 is 21.0 Å². The van der Waals surface area contributed by atoms with E-state index in [0.29, 0.717) is 23.0 Å². The molecule has 4 N–H and O–H groups in total. The van der Waals surface area contributed by atoms with Crippen LogP contribution in [0.4, 0.5) is 18.9 Å². The van der Waals surface area contributed by atoms with E-state index in [9.17, 15) is 18.3 Å². The average molecular weight is 366 g/mol. The van der Waals surface area contributed by atoms with E-state index < -0.39 is 17.7 Å². The van der Waals surface area contributed by atoms with Crippen LogP contribution in [0, 0.1) is 34.5 Å². The molecule has 0 saturated heterocycles. The van der Waals surface area contributed by atoms with E-state index in [0.717, 1.165) is 31.5 Å². The van der Waals surface area contributed by atoms with Gasteiger partial charge in [-0.05, 0) is 72.8 Å². The van der Waals surface area contributed by atoms with Crippen molar-refractivity contribution in [3.8, 4) is 5.75 Å². The van der Waals surface area contributed by atoms with Crippen LogP contribution in [0.2, 0.25) is 0 Å². The number of aliphatic hydroxyl groups is 1. The molecular weight excluding hydrogens is 345 g/mol. The number of nitrogens with one attached hydrogen (secondary N) is 1. The predicted molar refractivity (Wildman–Crippen MR) is 88.8 cm³/mol. The molecule has 4 aliphatic rings. The van der Waals surface area contributed by atoms with Crippen LogP contribution in [-0.4, -0.2) is 17.7 Å². The molecular formula is C19H21F3N2O2. The van der Waals surface area contributed by atoms with Crippen molar-refractivity contribution in [2.24, 2.45) is 29.1 Å². The van der Waals surface area contributed by atoms with Crippen LogP contribution in [-0.2, 0) is 5.60 Å². The normalized spacial score (nSPS) is 42.5. The van der Waals surface area contributed by atoms with Gasteiger partial charge in [-0.15, -0.1) is 13.2 Å². The highest BCUT2D eigenvalue weighted by Gasteiger charge is 2.83. The predicted octanol–water partition coefficient (Wildman–Crippen LogP) is 3.81. The highest BCUT2D eigenvalue weighted by Crippen LogP contribution is 2.86. The Morgan fingerprint density at radius 3 is 2.54 bits per heavy atom. The van der Waals surface area contributed by atoms with E-state index in [4.69, 9.17) is 11.1 Å². The maximum atomic E-state index is 12.7. The highest BCUT2D eigenvalue weighted by molar-refractivity contribution is 5.88. The molecule has 0 radical (unpaired) electrons. The molecule has 4 saturated carbocycles. The van der Waals surface area contributed by atoms with Crippen LogP contribution in [0.15, 0.2) is 12.1 Å². The first-order valence-corrected chi connectivity index (χ1v) is 9.15. The fourth-order valence-corrected chi connectivity index (χ4v) is 7.30. The Morgan fingerprint density at radius 2 is 1.85 bits per heavy atom. The van der Waals surface area contributed by atoms with Gasteiger partial charge >= 0.3 is 6.36 Å². The zero-order valence-electron chi connectivity index (χ0n) is 14.1. The second kappa shape index (κ2) is 4.74. The number of alkyl halides is 3. The SMILES string of the molecule is N=Cc1c(N)cc(OC(F)(F)F)cc1C1(O)C2CCC3CCC4CC1C342. The summed E-state index contributed by atoms with van der Waals surface area (Å²) in [6, 6.07) is 2.32. The number of benzene rings is 1. The summed E-state index contributed by atoms with van der Waals surface area (Å²) in [5, 5.41) is 19.4. The van der Waals surface area contributed by atoms with Crippen molar-refractivity contribution in [1.29, 1.82) is 5.41 Å². The molecule has 1 aromatic rings. The molecule has 6 unspecified atom stereocenters. The first-order chi connectivity index (χ1) is 12.2. The average Bonchev–Trinajstić information content (AvgIpc) is 3.05. The zero-order valence-corrected chi connectivity index (χ0v) is 14.1. The number of ether oxygens (including phenoxy) is 1. The molecule has 7 heteroatoms. The number of halogens is 3. The molecule has 6 atom stereocenters. The number of rotatable bonds is 3. The van der Waals surface area contributed by atoms with Crippen LogP contribution < -0.4 is 10.5 Å². The van der Waals surface area contributed by atoms with Crippen LogP contribution in [0.3, 0.4) is 0 Å². The van der Waals surface area contributed by atoms with Crippen molar-refractivity contribution in [3.05, 3.63) is 23.3 Å². The first kappa shape index (κ1) is 16.4. The van der Waals surface area contributed by atoms with E-state index in [2.05, 4.69) is 4.74 Å².